The van der Waals surface area contributed by atoms with Gasteiger partial charge in [-0.1, -0.05) is 6.07 Å². The van der Waals surface area contributed by atoms with E-state index in [2.05, 4.69) is 9.97 Å². The first-order chi connectivity index (χ1) is 18.5. The highest BCUT2D eigenvalue weighted by atomic mass is 19.4. The molecule has 40 heavy (non-hydrogen) atoms. The zero-order valence-corrected chi connectivity index (χ0v) is 20.9. The van der Waals surface area contributed by atoms with Gasteiger partial charge in [0.25, 0.3) is 5.91 Å². The summed E-state index contributed by atoms with van der Waals surface area (Å²) in [7, 11) is 0. The second-order valence-corrected chi connectivity index (χ2v) is 8.73. The number of hydrogen-bond acceptors (Lipinski definition) is 7. The predicted octanol–water partition coefficient (Wildman–Crippen LogP) is 3.89. The topological polar surface area (TPSA) is 139 Å². The number of piperidine rings is 1. The zero-order chi connectivity index (χ0) is 30.1. The van der Waals surface area contributed by atoms with Crippen LogP contribution in [0.4, 0.5) is 26.3 Å². The Balaban J connectivity index is 0.000000333. The number of carboxylic acid groups (broad SMARTS) is 2. The van der Waals surface area contributed by atoms with E-state index in [1.165, 1.54) is 0 Å². The monoisotopic (exact) mass is 581 g/mol. The molecule has 0 bridgehead atoms. The van der Waals surface area contributed by atoms with Crippen LogP contribution in [0.25, 0.3) is 0 Å². The number of halogens is 6. The summed E-state index contributed by atoms with van der Waals surface area (Å²) in [4.78, 5) is 40.9. The third kappa shape index (κ3) is 9.98. The average Bonchev–Trinajstić information content (AvgIpc) is 3.25. The number of amides is 1. The molecule has 0 unspecified atom stereocenters. The van der Waals surface area contributed by atoms with Crippen LogP contribution < -0.4 is 4.74 Å². The Labute approximate surface area is 223 Å². The van der Waals surface area contributed by atoms with Gasteiger partial charge < -0.3 is 24.6 Å². The fraction of sp³-hybridized carbons (Fsp3) is 0.458. The highest BCUT2D eigenvalue weighted by molar-refractivity contribution is 5.94. The number of aromatic nitrogens is 2. The van der Waals surface area contributed by atoms with Crippen molar-refractivity contribution in [2.24, 2.45) is 0 Å². The summed E-state index contributed by atoms with van der Waals surface area (Å²) in [6.07, 6.45) is -4.16. The number of ether oxygens (including phenoxy) is 2. The molecule has 2 aromatic rings. The van der Waals surface area contributed by atoms with Crippen molar-refractivity contribution in [1.82, 2.24) is 14.9 Å². The van der Waals surface area contributed by atoms with Crippen LogP contribution in [-0.4, -0.2) is 86.7 Å². The van der Waals surface area contributed by atoms with Crippen LogP contribution in [0.2, 0.25) is 0 Å². The van der Waals surface area contributed by atoms with Gasteiger partial charge in [-0.15, -0.1) is 0 Å². The average molecular weight is 581 g/mol. The van der Waals surface area contributed by atoms with Crippen LogP contribution in [0.15, 0.2) is 42.7 Å². The number of carboxylic acids is 2. The third-order valence-corrected chi connectivity index (χ3v) is 5.57. The Morgan fingerprint density at radius 2 is 1.65 bits per heavy atom. The quantitative estimate of drug-likeness (QED) is 0.517. The summed E-state index contributed by atoms with van der Waals surface area (Å²) in [6.45, 7) is 3.80. The Kier molecular flexibility index (Phi) is 10.8. The van der Waals surface area contributed by atoms with Crippen LogP contribution in [0.3, 0.4) is 0 Å². The summed E-state index contributed by atoms with van der Waals surface area (Å²) in [5.41, 5.74) is 1.23. The van der Waals surface area contributed by atoms with E-state index in [0.717, 1.165) is 31.5 Å². The van der Waals surface area contributed by atoms with Crippen LogP contribution in [0, 0.1) is 6.92 Å². The van der Waals surface area contributed by atoms with Gasteiger partial charge in [-0.25, -0.2) is 14.6 Å². The number of carbonyl (C=O) groups excluding carboxylic acids is 1. The van der Waals surface area contributed by atoms with Gasteiger partial charge in [0.2, 0.25) is 5.88 Å². The van der Waals surface area contributed by atoms with Crippen LogP contribution >= 0.6 is 0 Å². The minimum atomic E-state index is -5.08. The molecule has 2 N–H and O–H groups in total. The summed E-state index contributed by atoms with van der Waals surface area (Å²) < 4.78 is 75.6. The van der Waals surface area contributed by atoms with Crippen molar-refractivity contribution in [1.29, 1.82) is 0 Å². The molecule has 10 nitrogen and oxygen atoms in total. The number of hydrogen-bond donors (Lipinski definition) is 2. The van der Waals surface area contributed by atoms with Gasteiger partial charge in [0, 0.05) is 37.1 Å². The molecule has 2 aliphatic heterocycles. The van der Waals surface area contributed by atoms with Gasteiger partial charge >= 0.3 is 24.3 Å². The Morgan fingerprint density at radius 3 is 2.15 bits per heavy atom. The second kappa shape index (κ2) is 13.4. The van der Waals surface area contributed by atoms with Crippen molar-refractivity contribution in [3.63, 3.8) is 0 Å². The lowest BCUT2D eigenvalue weighted by Crippen LogP contribution is -2.50. The number of aliphatic carboxylic acids is 2. The van der Waals surface area contributed by atoms with E-state index < -0.39 is 24.3 Å². The molecule has 2 saturated heterocycles. The third-order valence-electron chi connectivity index (χ3n) is 5.57. The molecule has 0 aromatic carbocycles. The molecule has 220 valence electrons. The Morgan fingerprint density at radius 1 is 1.02 bits per heavy atom. The van der Waals surface area contributed by atoms with E-state index in [-0.39, 0.29) is 17.6 Å². The molecule has 0 radical (unpaired) electrons. The predicted molar refractivity (Wildman–Crippen MR) is 123 cm³/mol. The number of likely N-dealkylation sites (tertiary alicyclic amines) is 1. The largest absolute Gasteiger partial charge is 0.490 e. The van der Waals surface area contributed by atoms with Crippen molar-refractivity contribution >= 4 is 17.8 Å². The van der Waals surface area contributed by atoms with Crippen molar-refractivity contribution < 1.29 is 60.4 Å². The normalized spacial score (nSPS) is 20.5. The van der Waals surface area contributed by atoms with Gasteiger partial charge in [-0.2, -0.15) is 26.3 Å². The number of nitrogens with zero attached hydrogens (tertiary/aromatic N) is 3. The molecule has 1 spiro atoms. The molecule has 0 saturated carbocycles. The van der Waals surface area contributed by atoms with E-state index in [0.29, 0.717) is 24.6 Å². The zero-order valence-electron chi connectivity index (χ0n) is 20.9. The molecule has 4 heterocycles. The van der Waals surface area contributed by atoms with Crippen LogP contribution in [-0.2, 0) is 14.3 Å². The van der Waals surface area contributed by atoms with E-state index in [1.54, 1.807) is 12.4 Å². The minimum absolute atomic E-state index is 0.0225. The summed E-state index contributed by atoms with van der Waals surface area (Å²) in [6, 6.07) is 9.34. The fourth-order valence-electron chi connectivity index (χ4n) is 3.80. The summed E-state index contributed by atoms with van der Waals surface area (Å²) >= 11 is 0. The maximum absolute atomic E-state index is 12.8. The van der Waals surface area contributed by atoms with E-state index in [1.807, 2.05) is 42.2 Å². The first-order valence-corrected chi connectivity index (χ1v) is 11.6. The van der Waals surface area contributed by atoms with E-state index in [9.17, 15) is 31.1 Å². The maximum Gasteiger partial charge on any atom is 0.490 e. The number of aryl methyl sites for hydroxylation is 1. The molecular weight excluding hydrogens is 556 g/mol. The van der Waals surface area contributed by atoms with Crippen molar-refractivity contribution in [2.75, 3.05) is 19.7 Å². The molecule has 2 fully saturated rings. The maximum atomic E-state index is 12.8. The van der Waals surface area contributed by atoms with E-state index >= 15 is 0 Å². The Hall–Kier alpha value is -3.95. The molecule has 2 atom stereocenters. The van der Waals surface area contributed by atoms with Crippen molar-refractivity contribution in [3.8, 4) is 5.88 Å². The van der Waals surface area contributed by atoms with E-state index in [4.69, 9.17) is 29.3 Å². The lowest BCUT2D eigenvalue weighted by Gasteiger charge is -2.39. The SMILES string of the molecule is Cc1ccc(C(=O)N2CCC[C@]3(C[C@H](Oc4ccccn4)CO3)C2)cn1.O=C(O)C(F)(F)F.O=C(O)C(F)(F)F. The molecule has 1 amide bonds. The highest BCUT2D eigenvalue weighted by Gasteiger charge is 2.45. The smallest absolute Gasteiger partial charge is 0.475 e. The number of carbonyl (C=O) groups is 3. The van der Waals surface area contributed by atoms with Gasteiger partial charge in [0.1, 0.15) is 6.10 Å². The molecular formula is C24H25F6N3O7. The first-order valence-electron chi connectivity index (χ1n) is 11.6. The van der Waals surface area contributed by atoms with Crippen molar-refractivity contribution in [3.05, 3.63) is 54.0 Å². The molecule has 0 aliphatic carbocycles. The lowest BCUT2D eigenvalue weighted by molar-refractivity contribution is -0.193. The molecule has 4 rings (SSSR count). The van der Waals surface area contributed by atoms with Gasteiger partial charge in [-0.3, -0.25) is 9.78 Å². The Bertz CT molecular complexity index is 1120. The van der Waals surface area contributed by atoms with Crippen molar-refractivity contribution in [2.45, 2.75) is 50.2 Å². The standard InChI is InChI=1S/C20H23N3O3.2C2HF3O2/c1-15-6-7-16(12-22-15)19(24)23-10-4-8-20(14-23)11-17(13-25-20)26-18-5-2-3-9-21-18;2*3-2(4,5)1(6)7/h2-3,5-7,9,12,17H,4,8,10-11,13-14H2,1H3;2*(H,6,7)/t17-,20-;;/m0../s1. The van der Waals surface area contributed by atoms with Crippen LogP contribution in [0.5, 0.6) is 5.88 Å². The summed E-state index contributed by atoms with van der Waals surface area (Å²) in [5.74, 6) is -4.87. The lowest BCUT2D eigenvalue weighted by atomic mass is 9.89. The second-order valence-electron chi connectivity index (χ2n) is 8.73. The van der Waals surface area contributed by atoms with Gasteiger partial charge in [-0.05, 0) is 38.0 Å². The highest BCUT2D eigenvalue weighted by Crippen LogP contribution is 2.36. The number of alkyl halides is 6. The van der Waals surface area contributed by atoms with Gasteiger partial charge in [0.15, 0.2) is 0 Å². The van der Waals surface area contributed by atoms with Gasteiger partial charge in [0.05, 0.1) is 24.3 Å². The number of rotatable bonds is 3. The molecule has 2 aromatic heterocycles. The minimum Gasteiger partial charge on any atom is -0.475 e. The summed E-state index contributed by atoms with van der Waals surface area (Å²) in [5, 5.41) is 14.2. The molecule has 16 heteroatoms. The fourth-order valence-corrected chi connectivity index (χ4v) is 3.80. The number of pyridine rings is 2. The van der Waals surface area contributed by atoms with Crippen LogP contribution in [0.1, 0.15) is 35.3 Å². The first kappa shape index (κ1) is 32.3. The molecule has 2 aliphatic rings.